The van der Waals surface area contributed by atoms with Gasteiger partial charge in [0.05, 0.1) is 6.61 Å². The van der Waals surface area contributed by atoms with E-state index in [9.17, 15) is 9.90 Å². The quantitative estimate of drug-likeness (QED) is 0.823. The maximum Gasteiger partial charge on any atom is 0.346 e. The van der Waals surface area contributed by atoms with E-state index in [-0.39, 0.29) is 6.04 Å². The van der Waals surface area contributed by atoms with Gasteiger partial charge in [0.2, 0.25) is 0 Å². The molecule has 1 aromatic heterocycles. The highest BCUT2D eigenvalue weighted by molar-refractivity contribution is 7.21. The maximum absolute atomic E-state index is 11.4. The largest absolute Gasteiger partial charge is 0.477 e. The number of carbonyl (C=O) groups is 1. The Balaban J connectivity index is 2.19. The SMILES string of the molecule is CCOCC(C)NCc1c(C(=O)O)sc2ccccc12. The fourth-order valence-corrected chi connectivity index (χ4v) is 3.14. The van der Waals surface area contributed by atoms with Gasteiger partial charge >= 0.3 is 5.97 Å². The molecule has 0 saturated carbocycles. The number of thiophene rings is 1. The zero-order valence-electron chi connectivity index (χ0n) is 11.7. The van der Waals surface area contributed by atoms with Gasteiger partial charge in [-0.15, -0.1) is 11.3 Å². The van der Waals surface area contributed by atoms with Gasteiger partial charge in [-0.2, -0.15) is 0 Å². The Kier molecular flexibility index (Phi) is 5.11. The molecule has 1 atom stereocenters. The Labute approximate surface area is 122 Å². The Morgan fingerprint density at radius 1 is 1.45 bits per heavy atom. The van der Waals surface area contributed by atoms with Crippen LogP contribution in [0.25, 0.3) is 10.1 Å². The van der Waals surface area contributed by atoms with Gasteiger partial charge in [0.1, 0.15) is 4.88 Å². The fourth-order valence-electron chi connectivity index (χ4n) is 2.08. The second kappa shape index (κ2) is 6.83. The summed E-state index contributed by atoms with van der Waals surface area (Å²) in [5, 5.41) is 13.7. The third-order valence-corrected chi connectivity index (χ3v) is 4.29. The summed E-state index contributed by atoms with van der Waals surface area (Å²) < 4.78 is 6.37. The summed E-state index contributed by atoms with van der Waals surface area (Å²) in [5.41, 5.74) is 0.862. The summed E-state index contributed by atoms with van der Waals surface area (Å²) in [6, 6.07) is 7.99. The minimum absolute atomic E-state index is 0.190. The highest BCUT2D eigenvalue weighted by Crippen LogP contribution is 2.31. The third kappa shape index (κ3) is 3.36. The molecule has 2 N–H and O–H groups in total. The van der Waals surface area contributed by atoms with Crippen molar-refractivity contribution in [3.05, 3.63) is 34.7 Å². The molecule has 0 aliphatic rings. The van der Waals surface area contributed by atoms with E-state index in [4.69, 9.17) is 4.74 Å². The van der Waals surface area contributed by atoms with Crippen LogP contribution in [0.15, 0.2) is 24.3 Å². The topological polar surface area (TPSA) is 58.6 Å². The average molecular weight is 293 g/mol. The summed E-state index contributed by atoms with van der Waals surface area (Å²) in [7, 11) is 0. The molecule has 0 amide bonds. The van der Waals surface area contributed by atoms with Crippen molar-refractivity contribution in [2.24, 2.45) is 0 Å². The molecular formula is C15H19NO3S. The van der Waals surface area contributed by atoms with Crippen LogP contribution in [0.1, 0.15) is 29.1 Å². The van der Waals surface area contributed by atoms with Crippen LogP contribution in [0.3, 0.4) is 0 Å². The molecular weight excluding hydrogens is 274 g/mol. The minimum atomic E-state index is -0.861. The molecule has 0 bridgehead atoms. The molecule has 1 unspecified atom stereocenters. The zero-order valence-corrected chi connectivity index (χ0v) is 12.5. The van der Waals surface area contributed by atoms with Gasteiger partial charge in [0.15, 0.2) is 0 Å². The van der Waals surface area contributed by atoms with Crippen molar-refractivity contribution in [3.63, 3.8) is 0 Å². The van der Waals surface area contributed by atoms with E-state index in [0.717, 1.165) is 15.6 Å². The van der Waals surface area contributed by atoms with Gasteiger partial charge in [-0.25, -0.2) is 4.79 Å². The van der Waals surface area contributed by atoms with E-state index in [1.54, 1.807) is 0 Å². The summed E-state index contributed by atoms with van der Waals surface area (Å²) in [6.45, 7) is 5.85. The van der Waals surface area contributed by atoms with E-state index in [2.05, 4.69) is 5.32 Å². The van der Waals surface area contributed by atoms with Crippen molar-refractivity contribution in [1.29, 1.82) is 0 Å². The molecule has 2 rings (SSSR count). The molecule has 1 aromatic carbocycles. The molecule has 108 valence electrons. The van der Waals surface area contributed by atoms with Crippen molar-refractivity contribution < 1.29 is 14.6 Å². The first-order valence-electron chi connectivity index (χ1n) is 6.68. The van der Waals surface area contributed by atoms with Crippen LogP contribution < -0.4 is 5.32 Å². The number of fused-ring (bicyclic) bond motifs is 1. The molecule has 2 aromatic rings. The highest BCUT2D eigenvalue weighted by Gasteiger charge is 2.17. The average Bonchev–Trinajstić information content (AvgIpc) is 2.82. The second-order valence-corrected chi connectivity index (χ2v) is 5.70. The van der Waals surface area contributed by atoms with Crippen LogP contribution in [0.4, 0.5) is 0 Å². The monoisotopic (exact) mass is 293 g/mol. The minimum Gasteiger partial charge on any atom is -0.477 e. The number of rotatable bonds is 7. The lowest BCUT2D eigenvalue weighted by molar-refractivity contribution is 0.0701. The predicted molar refractivity (Wildman–Crippen MR) is 81.6 cm³/mol. The van der Waals surface area contributed by atoms with Crippen molar-refractivity contribution >= 4 is 27.4 Å². The fraction of sp³-hybridized carbons (Fsp3) is 0.400. The number of hydrogen-bond donors (Lipinski definition) is 2. The van der Waals surface area contributed by atoms with Crippen LogP contribution >= 0.6 is 11.3 Å². The molecule has 0 spiro atoms. The smallest absolute Gasteiger partial charge is 0.346 e. The lowest BCUT2D eigenvalue weighted by atomic mass is 10.1. The Hall–Kier alpha value is -1.43. The van der Waals surface area contributed by atoms with E-state index in [0.29, 0.717) is 24.6 Å². The Morgan fingerprint density at radius 2 is 2.20 bits per heavy atom. The lowest BCUT2D eigenvalue weighted by Gasteiger charge is -2.13. The van der Waals surface area contributed by atoms with Gasteiger partial charge < -0.3 is 15.2 Å². The van der Waals surface area contributed by atoms with Crippen LogP contribution in [0.2, 0.25) is 0 Å². The number of carboxylic acids is 1. The number of benzene rings is 1. The predicted octanol–water partition coefficient (Wildman–Crippen LogP) is 3.11. The normalized spacial score (nSPS) is 12.7. The molecule has 20 heavy (non-hydrogen) atoms. The molecule has 5 heteroatoms. The summed E-state index contributed by atoms with van der Waals surface area (Å²) in [4.78, 5) is 11.8. The van der Waals surface area contributed by atoms with Gasteiger partial charge in [-0.1, -0.05) is 18.2 Å². The first-order valence-corrected chi connectivity index (χ1v) is 7.50. The second-order valence-electron chi connectivity index (χ2n) is 4.65. The van der Waals surface area contributed by atoms with Crippen LogP contribution in [0, 0.1) is 0 Å². The number of nitrogens with one attached hydrogen (secondary N) is 1. The molecule has 1 heterocycles. The van der Waals surface area contributed by atoms with Crippen LogP contribution in [-0.4, -0.2) is 30.3 Å². The van der Waals surface area contributed by atoms with Crippen LogP contribution in [0.5, 0.6) is 0 Å². The van der Waals surface area contributed by atoms with E-state index >= 15 is 0 Å². The summed E-state index contributed by atoms with van der Waals surface area (Å²) in [5.74, 6) is -0.861. The van der Waals surface area contributed by atoms with Crippen molar-refractivity contribution in [2.75, 3.05) is 13.2 Å². The van der Waals surface area contributed by atoms with Crippen molar-refractivity contribution in [1.82, 2.24) is 5.32 Å². The molecule has 0 radical (unpaired) electrons. The standard InChI is InChI=1S/C15H19NO3S/c1-3-19-9-10(2)16-8-12-11-6-4-5-7-13(11)20-14(12)15(17)18/h4-7,10,16H,3,8-9H2,1-2H3,(H,17,18). The number of ether oxygens (including phenoxy) is 1. The van der Waals surface area contributed by atoms with Gasteiger partial charge in [0.25, 0.3) is 0 Å². The first-order chi connectivity index (χ1) is 9.63. The molecule has 0 saturated heterocycles. The molecule has 0 aliphatic heterocycles. The summed E-state index contributed by atoms with van der Waals surface area (Å²) in [6.07, 6.45) is 0. The van der Waals surface area contributed by atoms with Crippen LogP contribution in [-0.2, 0) is 11.3 Å². The highest BCUT2D eigenvalue weighted by atomic mass is 32.1. The van der Waals surface area contributed by atoms with Gasteiger partial charge in [-0.05, 0) is 30.9 Å². The first kappa shape index (κ1) is 15.0. The van der Waals surface area contributed by atoms with Gasteiger partial charge in [0, 0.05) is 23.9 Å². The third-order valence-electron chi connectivity index (χ3n) is 3.09. The Morgan fingerprint density at radius 3 is 2.90 bits per heavy atom. The maximum atomic E-state index is 11.4. The van der Waals surface area contributed by atoms with E-state index in [1.807, 2.05) is 38.1 Å². The molecule has 4 nitrogen and oxygen atoms in total. The summed E-state index contributed by atoms with van der Waals surface area (Å²) >= 11 is 1.33. The van der Waals surface area contributed by atoms with Gasteiger partial charge in [-0.3, -0.25) is 0 Å². The van der Waals surface area contributed by atoms with Crippen molar-refractivity contribution in [3.8, 4) is 0 Å². The number of carboxylic acid groups (broad SMARTS) is 1. The van der Waals surface area contributed by atoms with E-state index in [1.165, 1.54) is 11.3 Å². The lowest BCUT2D eigenvalue weighted by Crippen LogP contribution is -2.30. The Bertz CT molecular complexity index is 594. The number of aromatic carboxylic acids is 1. The molecule has 0 fully saturated rings. The number of hydrogen-bond acceptors (Lipinski definition) is 4. The van der Waals surface area contributed by atoms with E-state index < -0.39 is 5.97 Å². The zero-order chi connectivity index (χ0) is 14.5. The molecule has 0 aliphatic carbocycles. The van der Waals surface area contributed by atoms with Crippen molar-refractivity contribution in [2.45, 2.75) is 26.4 Å².